The molecule has 1 N–H and O–H groups in total. The van der Waals surface area contributed by atoms with Crippen molar-refractivity contribution in [2.75, 3.05) is 0 Å². The van der Waals surface area contributed by atoms with E-state index in [1.807, 2.05) is 0 Å². The second-order valence-electron chi connectivity index (χ2n) is 0.519. The summed E-state index contributed by atoms with van der Waals surface area (Å²) in [6.07, 6.45) is 0. The molecule has 0 fully saturated rings. The third-order valence-electron chi connectivity index (χ3n) is 0. The van der Waals surface area contributed by atoms with Gasteiger partial charge in [-0.3, -0.25) is 4.79 Å². The predicted molar refractivity (Wildman–Crippen MR) is 21.7 cm³/mol. The van der Waals surface area contributed by atoms with Crippen LogP contribution in [-0.4, -0.2) is 11.1 Å². The monoisotopic (exact) mass is 176 g/mol. The summed E-state index contributed by atoms with van der Waals surface area (Å²) in [6, 6.07) is 0. The minimum atomic E-state index is -0.833. The van der Waals surface area contributed by atoms with Gasteiger partial charge in [0.05, 0.1) is 0 Å². The number of hydrogen-bond donors (Lipinski definition) is 1. The van der Waals surface area contributed by atoms with Crippen molar-refractivity contribution in [3.8, 4) is 0 Å². The molecule has 0 aromatic rings. The molecule has 0 bridgehead atoms. The van der Waals surface area contributed by atoms with Gasteiger partial charge in [0.15, 0.2) is 0 Å². The predicted octanol–water partition coefficient (Wildman–Crippen LogP) is -2.37. The Balaban J connectivity index is -0.00000000750. The molecule has 0 radical (unpaired) electrons. The summed E-state index contributed by atoms with van der Waals surface area (Å²) in [5.74, 6) is -0.833. The first-order valence-corrected chi connectivity index (χ1v) is 0.928. The molecule has 2 nitrogen and oxygen atoms in total. The van der Waals surface area contributed by atoms with Crippen LogP contribution in [0.3, 0.4) is 0 Å². The molecule has 7 heavy (non-hydrogen) atoms. The standard InChI is InChI=1S/C2H4O2.ClH.Fe.Na.H/c1-2(3)4;;;;/h1H3,(H,3,4);1H;;;/q;;;+1;-1. The molecule has 0 amide bonds. The smallest absolute Gasteiger partial charge is 1.00 e. The minimum Gasteiger partial charge on any atom is -1.00 e. The van der Waals surface area contributed by atoms with Crippen molar-refractivity contribution in [1.82, 2.24) is 0 Å². The van der Waals surface area contributed by atoms with Gasteiger partial charge in [-0.1, -0.05) is 0 Å². The molecule has 0 rings (SSSR count). The van der Waals surface area contributed by atoms with Gasteiger partial charge in [0.1, 0.15) is 0 Å². The maximum Gasteiger partial charge on any atom is 1.00 e. The van der Waals surface area contributed by atoms with Crippen molar-refractivity contribution in [2.24, 2.45) is 0 Å². The van der Waals surface area contributed by atoms with E-state index >= 15 is 0 Å². The molecule has 0 heterocycles. The zero-order chi connectivity index (χ0) is 3.58. The van der Waals surface area contributed by atoms with Gasteiger partial charge >= 0.3 is 29.6 Å². The van der Waals surface area contributed by atoms with Crippen LogP contribution in [0.25, 0.3) is 0 Å². The maximum atomic E-state index is 9.00. The Labute approximate surface area is 82.7 Å². The first-order chi connectivity index (χ1) is 1.73. The van der Waals surface area contributed by atoms with Crippen LogP contribution in [0.15, 0.2) is 0 Å². The maximum absolute atomic E-state index is 9.00. The molecule has 0 aromatic carbocycles. The van der Waals surface area contributed by atoms with E-state index in [2.05, 4.69) is 0 Å². The van der Waals surface area contributed by atoms with E-state index in [-0.39, 0.29) is 60.5 Å². The first-order valence-electron chi connectivity index (χ1n) is 0.928. The van der Waals surface area contributed by atoms with Crippen molar-refractivity contribution in [3.63, 3.8) is 0 Å². The zero-order valence-electron chi connectivity index (χ0n) is 5.12. The fraction of sp³-hybridized carbons (Fsp3) is 0.500. The summed E-state index contributed by atoms with van der Waals surface area (Å²) < 4.78 is 0. The molecule has 5 heteroatoms. The molecule has 0 saturated heterocycles. The normalized spacial score (nSPS) is 3.57. The Morgan fingerprint density at radius 2 is 1.71 bits per heavy atom. The molecule has 0 aliphatic carbocycles. The van der Waals surface area contributed by atoms with Gasteiger partial charge in [-0.2, -0.15) is 0 Å². The number of aliphatic carboxylic acids is 1. The Bertz CT molecular complexity index is 43.0. The van der Waals surface area contributed by atoms with Crippen molar-refractivity contribution in [2.45, 2.75) is 6.92 Å². The van der Waals surface area contributed by atoms with Crippen molar-refractivity contribution in [3.05, 3.63) is 0 Å². The molecule has 0 spiro atoms. The average molecular weight is 176 g/mol. The van der Waals surface area contributed by atoms with E-state index in [4.69, 9.17) is 9.90 Å². The number of hydrogen-bond acceptors (Lipinski definition) is 1. The van der Waals surface area contributed by atoms with E-state index in [1.165, 1.54) is 0 Å². The zero-order valence-corrected chi connectivity index (χ0v) is 8.04. The van der Waals surface area contributed by atoms with Gasteiger partial charge in [0.25, 0.3) is 5.97 Å². The van der Waals surface area contributed by atoms with Gasteiger partial charge in [0, 0.05) is 24.0 Å². The van der Waals surface area contributed by atoms with Crippen molar-refractivity contribution >= 4 is 18.4 Å². The van der Waals surface area contributed by atoms with E-state index in [1.54, 1.807) is 0 Å². The summed E-state index contributed by atoms with van der Waals surface area (Å²) in [7, 11) is 0. The summed E-state index contributed by atoms with van der Waals surface area (Å²) in [5, 5.41) is 7.42. The quantitative estimate of drug-likeness (QED) is 0.419. The van der Waals surface area contributed by atoms with Crippen LogP contribution in [-0.2, 0) is 21.9 Å². The SMILES string of the molecule is CC(=O)O.Cl.[Fe].[H-].[Na+]. The van der Waals surface area contributed by atoms with Gasteiger partial charge in [-0.25, -0.2) is 0 Å². The number of carbonyl (C=O) groups is 1. The molecule has 0 saturated carbocycles. The van der Waals surface area contributed by atoms with Gasteiger partial charge in [-0.05, 0) is 0 Å². The van der Waals surface area contributed by atoms with E-state index in [0.29, 0.717) is 0 Å². The first kappa shape index (κ1) is 24.0. The number of halogens is 1. The Hall–Kier alpha value is 1.28. The Kier molecular flexibility index (Phi) is 53.6. The molecule has 0 aliphatic heterocycles. The van der Waals surface area contributed by atoms with Crippen LogP contribution in [0, 0.1) is 0 Å². The van der Waals surface area contributed by atoms with Crippen LogP contribution in [0.1, 0.15) is 8.35 Å². The fourth-order valence-electron chi connectivity index (χ4n) is 0. The third-order valence-corrected chi connectivity index (χ3v) is 0. The minimum absolute atomic E-state index is 0. The van der Waals surface area contributed by atoms with Crippen LogP contribution in [0.4, 0.5) is 0 Å². The van der Waals surface area contributed by atoms with Crippen LogP contribution in [0.2, 0.25) is 0 Å². The number of rotatable bonds is 0. The second kappa shape index (κ2) is 15.7. The average Bonchev–Trinajstić information content (AvgIpc) is 0.811. The largest absolute Gasteiger partial charge is 1.00 e. The van der Waals surface area contributed by atoms with Crippen LogP contribution < -0.4 is 29.6 Å². The topological polar surface area (TPSA) is 37.3 Å². The van der Waals surface area contributed by atoms with Gasteiger partial charge in [-0.15, -0.1) is 12.4 Å². The third kappa shape index (κ3) is 124. The van der Waals surface area contributed by atoms with Crippen molar-refractivity contribution < 1.29 is 58.0 Å². The molecular formula is C2H6ClFeNaO2. The van der Waals surface area contributed by atoms with E-state index < -0.39 is 5.97 Å². The summed E-state index contributed by atoms with van der Waals surface area (Å²) >= 11 is 0. The Morgan fingerprint density at radius 1 is 1.71 bits per heavy atom. The van der Waals surface area contributed by atoms with E-state index in [9.17, 15) is 0 Å². The molecule has 0 atom stereocenters. The molecule has 0 aliphatic rings. The fourth-order valence-corrected chi connectivity index (χ4v) is 0. The molecule has 42 valence electrons. The second-order valence-corrected chi connectivity index (χ2v) is 0.519. The summed E-state index contributed by atoms with van der Waals surface area (Å²) in [6.45, 7) is 1.08. The summed E-state index contributed by atoms with van der Waals surface area (Å²) in [5.41, 5.74) is 0. The van der Waals surface area contributed by atoms with Gasteiger partial charge < -0.3 is 6.53 Å². The number of carboxylic acid groups (broad SMARTS) is 1. The Morgan fingerprint density at radius 3 is 1.71 bits per heavy atom. The van der Waals surface area contributed by atoms with Crippen LogP contribution >= 0.6 is 12.4 Å². The molecular weight excluding hydrogens is 170 g/mol. The molecule has 0 unspecified atom stereocenters. The van der Waals surface area contributed by atoms with Crippen LogP contribution in [0.5, 0.6) is 0 Å². The van der Waals surface area contributed by atoms with Crippen molar-refractivity contribution in [1.29, 1.82) is 0 Å². The summed E-state index contributed by atoms with van der Waals surface area (Å²) in [4.78, 5) is 9.00. The molecule has 0 aromatic heterocycles. The van der Waals surface area contributed by atoms with E-state index in [0.717, 1.165) is 6.92 Å². The van der Waals surface area contributed by atoms with Gasteiger partial charge in [0.2, 0.25) is 0 Å². The number of carboxylic acids is 1.